The SMILES string of the molecule is Cc1cc(O)ccc1NC1CCC(C)(C)CC1C. The molecule has 1 saturated carbocycles. The Labute approximate surface area is 110 Å². The highest BCUT2D eigenvalue weighted by Crippen LogP contribution is 2.39. The third-order valence-electron chi connectivity index (χ3n) is 4.24. The molecule has 0 bridgehead atoms. The van der Waals surface area contributed by atoms with Crippen LogP contribution < -0.4 is 5.32 Å². The lowest BCUT2D eigenvalue weighted by atomic mass is 9.70. The van der Waals surface area contributed by atoms with Gasteiger partial charge < -0.3 is 10.4 Å². The Morgan fingerprint density at radius 1 is 1.33 bits per heavy atom. The number of aryl methyl sites for hydroxylation is 1. The summed E-state index contributed by atoms with van der Waals surface area (Å²) in [6.07, 6.45) is 3.79. The minimum Gasteiger partial charge on any atom is -0.508 e. The molecule has 2 heteroatoms. The number of rotatable bonds is 2. The Kier molecular flexibility index (Phi) is 3.56. The number of hydrogen-bond acceptors (Lipinski definition) is 2. The zero-order chi connectivity index (χ0) is 13.3. The Morgan fingerprint density at radius 2 is 2.06 bits per heavy atom. The number of phenols is 1. The Balaban J connectivity index is 2.06. The van der Waals surface area contributed by atoms with Crippen LogP contribution in [0.2, 0.25) is 0 Å². The summed E-state index contributed by atoms with van der Waals surface area (Å²) >= 11 is 0. The predicted octanol–water partition coefficient (Wildman–Crippen LogP) is 4.33. The Hall–Kier alpha value is -1.18. The van der Waals surface area contributed by atoms with Gasteiger partial charge in [0.05, 0.1) is 0 Å². The van der Waals surface area contributed by atoms with Gasteiger partial charge in [0.15, 0.2) is 0 Å². The topological polar surface area (TPSA) is 32.3 Å². The van der Waals surface area contributed by atoms with Crippen molar-refractivity contribution in [3.8, 4) is 5.75 Å². The van der Waals surface area contributed by atoms with Crippen LogP contribution in [0.15, 0.2) is 18.2 Å². The molecule has 1 fully saturated rings. The van der Waals surface area contributed by atoms with Crippen molar-refractivity contribution < 1.29 is 5.11 Å². The molecule has 2 rings (SSSR count). The van der Waals surface area contributed by atoms with Gasteiger partial charge in [-0.15, -0.1) is 0 Å². The monoisotopic (exact) mass is 247 g/mol. The van der Waals surface area contributed by atoms with E-state index < -0.39 is 0 Å². The lowest BCUT2D eigenvalue weighted by Crippen LogP contribution is -2.37. The van der Waals surface area contributed by atoms with Crippen molar-refractivity contribution in [1.82, 2.24) is 0 Å². The van der Waals surface area contributed by atoms with E-state index in [-0.39, 0.29) is 0 Å². The largest absolute Gasteiger partial charge is 0.508 e. The van der Waals surface area contributed by atoms with Crippen molar-refractivity contribution in [3.05, 3.63) is 23.8 Å². The van der Waals surface area contributed by atoms with Gasteiger partial charge in [-0.3, -0.25) is 0 Å². The summed E-state index contributed by atoms with van der Waals surface area (Å²) in [5.74, 6) is 1.04. The Morgan fingerprint density at radius 3 is 2.67 bits per heavy atom. The fourth-order valence-corrected chi connectivity index (χ4v) is 3.17. The molecule has 2 unspecified atom stereocenters. The maximum Gasteiger partial charge on any atom is 0.115 e. The van der Waals surface area contributed by atoms with Crippen molar-refractivity contribution in [2.24, 2.45) is 11.3 Å². The van der Waals surface area contributed by atoms with Crippen molar-refractivity contribution in [3.63, 3.8) is 0 Å². The molecule has 100 valence electrons. The fraction of sp³-hybridized carbons (Fsp3) is 0.625. The first-order valence-electron chi connectivity index (χ1n) is 6.93. The van der Waals surface area contributed by atoms with Crippen LogP contribution in [0.5, 0.6) is 5.75 Å². The lowest BCUT2D eigenvalue weighted by molar-refractivity contribution is 0.177. The van der Waals surface area contributed by atoms with Crippen LogP contribution in [0.1, 0.15) is 45.6 Å². The van der Waals surface area contributed by atoms with Crippen molar-refractivity contribution >= 4 is 5.69 Å². The van der Waals surface area contributed by atoms with Gasteiger partial charge in [-0.05, 0) is 61.3 Å². The number of nitrogens with one attached hydrogen (secondary N) is 1. The van der Waals surface area contributed by atoms with Crippen molar-refractivity contribution in [2.45, 2.75) is 53.0 Å². The van der Waals surface area contributed by atoms with Crippen molar-refractivity contribution in [2.75, 3.05) is 5.32 Å². The van der Waals surface area contributed by atoms with Crippen LogP contribution in [-0.2, 0) is 0 Å². The summed E-state index contributed by atoms with van der Waals surface area (Å²) in [5, 5.41) is 13.1. The third kappa shape index (κ3) is 2.98. The second kappa shape index (κ2) is 4.83. The molecule has 0 saturated heterocycles. The second-order valence-corrected chi connectivity index (χ2v) is 6.63. The predicted molar refractivity (Wildman–Crippen MR) is 77.1 cm³/mol. The molecule has 0 spiro atoms. The molecule has 0 aliphatic heterocycles. The summed E-state index contributed by atoms with van der Waals surface area (Å²) in [6, 6.07) is 6.12. The van der Waals surface area contributed by atoms with Gasteiger partial charge in [-0.2, -0.15) is 0 Å². The van der Waals surface area contributed by atoms with Crippen LogP contribution >= 0.6 is 0 Å². The molecular weight excluding hydrogens is 222 g/mol. The average molecular weight is 247 g/mol. The van der Waals surface area contributed by atoms with Gasteiger partial charge in [-0.1, -0.05) is 20.8 Å². The number of anilines is 1. The molecule has 1 aliphatic carbocycles. The van der Waals surface area contributed by atoms with E-state index in [0.717, 1.165) is 11.3 Å². The van der Waals surface area contributed by atoms with E-state index in [1.54, 1.807) is 6.07 Å². The quantitative estimate of drug-likeness (QED) is 0.762. The molecule has 0 radical (unpaired) electrons. The van der Waals surface area contributed by atoms with Crippen LogP contribution in [0.25, 0.3) is 0 Å². The zero-order valence-electron chi connectivity index (χ0n) is 12.0. The van der Waals surface area contributed by atoms with E-state index in [4.69, 9.17) is 0 Å². The van der Waals surface area contributed by atoms with Crippen LogP contribution in [0.4, 0.5) is 5.69 Å². The summed E-state index contributed by atoms with van der Waals surface area (Å²) in [6.45, 7) is 9.12. The molecule has 0 aromatic heterocycles. The number of phenolic OH excluding ortho intramolecular Hbond substituents is 1. The summed E-state index contributed by atoms with van der Waals surface area (Å²) in [7, 11) is 0. The maximum absolute atomic E-state index is 9.44. The molecule has 18 heavy (non-hydrogen) atoms. The third-order valence-corrected chi connectivity index (χ3v) is 4.24. The van der Waals surface area contributed by atoms with E-state index in [2.05, 4.69) is 26.1 Å². The summed E-state index contributed by atoms with van der Waals surface area (Å²) < 4.78 is 0. The first-order valence-corrected chi connectivity index (χ1v) is 6.93. The Bertz CT molecular complexity index is 425. The minimum absolute atomic E-state index is 0.343. The van der Waals surface area contributed by atoms with Crippen LogP contribution in [-0.4, -0.2) is 11.1 Å². The normalized spacial score (nSPS) is 26.9. The van der Waals surface area contributed by atoms with Gasteiger partial charge in [-0.25, -0.2) is 0 Å². The van der Waals surface area contributed by atoms with E-state index in [9.17, 15) is 5.11 Å². The standard InChI is InChI=1S/C16H25NO/c1-11-9-13(18)5-6-14(11)17-15-7-8-16(3,4)10-12(15)2/h5-6,9,12,15,17-18H,7-8,10H2,1-4H3. The first-order chi connectivity index (χ1) is 8.37. The van der Waals surface area contributed by atoms with Gasteiger partial charge >= 0.3 is 0 Å². The summed E-state index contributed by atoms with van der Waals surface area (Å²) in [4.78, 5) is 0. The highest BCUT2D eigenvalue weighted by atomic mass is 16.3. The number of hydrogen-bond donors (Lipinski definition) is 2. The maximum atomic E-state index is 9.44. The van der Waals surface area contributed by atoms with Crippen LogP contribution in [0.3, 0.4) is 0 Å². The fourth-order valence-electron chi connectivity index (χ4n) is 3.17. The average Bonchev–Trinajstić information content (AvgIpc) is 2.24. The molecule has 1 aromatic rings. The van der Waals surface area contributed by atoms with Crippen LogP contribution in [0, 0.1) is 18.3 Å². The van der Waals surface area contributed by atoms with E-state index >= 15 is 0 Å². The minimum atomic E-state index is 0.343. The van der Waals surface area contributed by atoms with Gasteiger partial charge in [0.1, 0.15) is 5.75 Å². The zero-order valence-corrected chi connectivity index (χ0v) is 12.0. The molecule has 1 aromatic carbocycles. The lowest BCUT2D eigenvalue weighted by Gasteiger charge is -2.40. The molecule has 0 amide bonds. The smallest absolute Gasteiger partial charge is 0.115 e. The molecule has 0 heterocycles. The molecule has 2 N–H and O–H groups in total. The van der Waals surface area contributed by atoms with Gasteiger partial charge in [0, 0.05) is 11.7 Å². The molecule has 1 aliphatic rings. The van der Waals surface area contributed by atoms with Crippen molar-refractivity contribution in [1.29, 1.82) is 0 Å². The molecule has 2 nitrogen and oxygen atoms in total. The van der Waals surface area contributed by atoms with E-state index in [0.29, 0.717) is 23.1 Å². The van der Waals surface area contributed by atoms with E-state index in [1.807, 2.05) is 19.1 Å². The second-order valence-electron chi connectivity index (χ2n) is 6.63. The summed E-state index contributed by atoms with van der Waals surface area (Å²) in [5.41, 5.74) is 2.76. The van der Waals surface area contributed by atoms with Gasteiger partial charge in [0.2, 0.25) is 0 Å². The number of aromatic hydroxyl groups is 1. The number of benzene rings is 1. The molecular formula is C16H25NO. The van der Waals surface area contributed by atoms with Gasteiger partial charge in [0.25, 0.3) is 0 Å². The highest BCUT2D eigenvalue weighted by Gasteiger charge is 2.32. The highest BCUT2D eigenvalue weighted by molar-refractivity contribution is 5.54. The van der Waals surface area contributed by atoms with E-state index in [1.165, 1.54) is 19.3 Å². The molecule has 2 atom stereocenters. The first kappa shape index (κ1) is 13.3.